The molecule has 0 aliphatic heterocycles. The van der Waals surface area contributed by atoms with Crippen LogP contribution < -0.4 is 0 Å². The Bertz CT molecular complexity index is 6.00. The van der Waals surface area contributed by atoms with Crippen molar-refractivity contribution in [1.82, 2.24) is 0 Å². The van der Waals surface area contributed by atoms with Gasteiger partial charge in [-0.05, 0) is 0 Å². The third-order valence-electron chi connectivity index (χ3n) is 0. The zero-order valence-electron chi connectivity index (χ0n) is 1.89. The van der Waals surface area contributed by atoms with Crippen LogP contribution >= 0.6 is 0 Å². The first-order valence-electron chi connectivity index (χ1n) is 0.200. The summed E-state index contributed by atoms with van der Waals surface area (Å²) < 4.78 is 0. The first kappa shape index (κ1) is 21.0. The van der Waals surface area contributed by atoms with Crippen LogP contribution in [-0.2, 0) is 21.7 Å². The normalized spacial score (nSPS) is 1.50. The smallest absolute Gasteiger partial charge is 0 e. The molecular formula is H2O2SiTi. The summed E-state index contributed by atoms with van der Waals surface area (Å²) >= 11 is 0. The predicted octanol–water partition coefficient (Wildman–Crippen LogP) is -0.366. The van der Waals surface area contributed by atoms with E-state index in [0.29, 0.717) is 0 Å². The molecule has 2 nitrogen and oxygen atoms in total. The van der Waals surface area contributed by atoms with Crippen LogP contribution in [0.25, 0.3) is 0 Å². The van der Waals surface area contributed by atoms with Crippen molar-refractivity contribution in [2.75, 3.05) is 0 Å². The van der Waals surface area contributed by atoms with E-state index in [2.05, 4.69) is 0 Å². The summed E-state index contributed by atoms with van der Waals surface area (Å²) in [6, 6.07) is 0. The van der Waals surface area contributed by atoms with E-state index in [1.165, 1.54) is 0 Å². The van der Waals surface area contributed by atoms with Crippen molar-refractivity contribution >= 4 is 11.0 Å². The topological polar surface area (TPSA) is 40.5 Å². The zero-order valence-corrected chi connectivity index (χ0v) is 4.46. The second kappa shape index (κ2) is 43.2. The largest absolute Gasteiger partial charge is 0.255 e. The van der Waals surface area contributed by atoms with Gasteiger partial charge in [0.05, 0.1) is 0 Å². The molecule has 0 saturated heterocycles. The molecule has 4 heavy (non-hydrogen) atoms. The second-order valence-corrected chi connectivity index (χ2v) is 0. The van der Waals surface area contributed by atoms with Crippen LogP contribution in [-0.4, -0.2) is 21.5 Å². The van der Waals surface area contributed by atoms with Gasteiger partial charge in [-0.25, -0.2) is 0 Å². The van der Waals surface area contributed by atoms with Crippen molar-refractivity contribution in [2.45, 2.75) is 0 Å². The molecule has 4 heteroatoms. The van der Waals surface area contributed by atoms with E-state index in [4.69, 9.17) is 10.5 Å². The van der Waals surface area contributed by atoms with E-state index in [1.54, 1.807) is 0 Å². The molecule has 2 N–H and O–H groups in total. The standard InChI is InChI=1S/H2O2.Si.Ti/c1-2;;/h1-2H;;. The van der Waals surface area contributed by atoms with Gasteiger partial charge in [0, 0.05) is 32.7 Å². The van der Waals surface area contributed by atoms with E-state index in [0.717, 1.165) is 0 Å². The Kier molecular flexibility index (Phi) is 227. The van der Waals surface area contributed by atoms with Gasteiger partial charge in [0.25, 0.3) is 0 Å². The molecule has 0 aromatic heterocycles. The van der Waals surface area contributed by atoms with Gasteiger partial charge in [0.15, 0.2) is 0 Å². The molecule has 0 aromatic rings. The van der Waals surface area contributed by atoms with Crippen molar-refractivity contribution in [3.63, 3.8) is 0 Å². The Morgan fingerprint density at radius 3 is 1.00 bits per heavy atom. The van der Waals surface area contributed by atoms with Crippen LogP contribution in [0.1, 0.15) is 0 Å². The molecule has 0 spiro atoms. The number of hydrogen-bond acceptors (Lipinski definition) is 2. The monoisotopic (exact) mass is 110 g/mol. The van der Waals surface area contributed by atoms with E-state index < -0.39 is 0 Å². The van der Waals surface area contributed by atoms with Gasteiger partial charge in [-0.2, -0.15) is 0 Å². The van der Waals surface area contributed by atoms with Gasteiger partial charge in [0.2, 0.25) is 0 Å². The average molecular weight is 110 g/mol. The van der Waals surface area contributed by atoms with Crippen molar-refractivity contribution in [1.29, 1.82) is 0 Å². The molecule has 0 unspecified atom stereocenters. The zero-order chi connectivity index (χ0) is 2.00. The van der Waals surface area contributed by atoms with Gasteiger partial charge < -0.3 is 0 Å². The summed E-state index contributed by atoms with van der Waals surface area (Å²) in [5, 5.41) is 12.0. The Morgan fingerprint density at radius 2 is 1.00 bits per heavy atom. The Labute approximate surface area is 43.7 Å². The van der Waals surface area contributed by atoms with Crippen LogP contribution in [0.3, 0.4) is 0 Å². The number of hydrogen-bond donors (Lipinski definition) is 2. The van der Waals surface area contributed by atoms with Crippen LogP contribution in [0.2, 0.25) is 0 Å². The molecule has 0 saturated carbocycles. The van der Waals surface area contributed by atoms with Gasteiger partial charge in [0.1, 0.15) is 0 Å². The Hall–Kier alpha value is 0.851. The quantitative estimate of drug-likeness (QED) is 0.254. The molecule has 0 aromatic carbocycles. The third kappa shape index (κ3) is 13.5. The van der Waals surface area contributed by atoms with E-state index >= 15 is 0 Å². The van der Waals surface area contributed by atoms with Crippen molar-refractivity contribution in [2.24, 2.45) is 0 Å². The van der Waals surface area contributed by atoms with E-state index in [9.17, 15) is 0 Å². The van der Waals surface area contributed by atoms with Crippen LogP contribution in [0, 0.1) is 0 Å². The van der Waals surface area contributed by atoms with Gasteiger partial charge >= 0.3 is 0 Å². The van der Waals surface area contributed by atoms with E-state index in [-0.39, 0.29) is 32.7 Å². The predicted molar refractivity (Wildman–Crippen MR) is 11.0 cm³/mol. The summed E-state index contributed by atoms with van der Waals surface area (Å²) in [5.41, 5.74) is 0. The van der Waals surface area contributed by atoms with Crippen LogP contribution in [0.15, 0.2) is 0 Å². The molecule has 0 rings (SSSR count). The van der Waals surface area contributed by atoms with E-state index in [1.807, 2.05) is 0 Å². The summed E-state index contributed by atoms with van der Waals surface area (Å²) in [6.45, 7) is 0. The minimum atomic E-state index is 0. The van der Waals surface area contributed by atoms with Crippen LogP contribution in [0.4, 0.5) is 0 Å². The summed E-state index contributed by atoms with van der Waals surface area (Å²) in [4.78, 5) is 0. The molecule has 0 atom stereocenters. The summed E-state index contributed by atoms with van der Waals surface area (Å²) in [7, 11) is 0. The fourth-order valence-electron chi connectivity index (χ4n) is 0. The maximum atomic E-state index is 6.00. The fourth-order valence-corrected chi connectivity index (χ4v) is 0. The molecule has 4 radical (unpaired) electrons. The van der Waals surface area contributed by atoms with Crippen molar-refractivity contribution < 1.29 is 32.2 Å². The van der Waals surface area contributed by atoms with Gasteiger partial charge in [-0.1, -0.05) is 0 Å². The molecular weight excluding hydrogens is 108 g/mol. The first-order chi connectivity index (χ1) is 1.00. The maximum Gasteiger partial charge on any atom is 0 e. The minimum absolute atomic E-state index is 0. The number of rotatable bonds is 0. The third-order valence-corrected chi connectivity index (χ3v) is 0. The maximum absolute atomic E-state index is 6.00. The molecule has 0 fully saturated rings. The molecule has 0 aliphatic rings. The average Bonchev–Trinajstić information content (AvgIpc) is 1.00. The fraction of sp³-hybridized carbons (Fsp3) is 0. The van der Waals surface area contributed by atoms with Crippen molar-refractivity contribution in [3.8, 4) is 0 Å². The Morgan fingerprint density at radius 1 is 1.00 bits per heavy atom. The SMILES string of the molecule is OO.[Si].[Ti]. The first-order valence-corrected chi connectivity index (χ1v) is 0.200. The van der Waals surface area contributed by atoms with Gasteiger partial charge in [-0.3, -0.25) is 10.5 Å². The summed E-state index contributed by atoms with van der Waals surface area (Å²) in [6.07, 6.45) is 0. The minimum Gasteiger partial charge on any atom is -0.255 e. The Balaban J connectivity index is -0.00000000500. The second-order valence-electron chi connectivity index (χ2n) is 0. The molecule has 0 heterocycles. The van der Waals surface area contributed by atoms with Gasteiger partial charge in [-0.15, -0.1) is 0 Å². The molecule has 0 aliphatic carbocycles. The van der Waals surface area contributed by atoms with Crippen LogP contribution in [0.5, 0.6) is 0 Å². The molecule has 0 bridgehead atoms. The molecule has 22 valence electrons. The molecule has 0 amide bonds. The summed E-state index contributed by atoms with van der Waals surface area (Å²) in [5.74, 6) is 0. The van der Waals surface area contributed by atoms with Crippen molar-refractivity contribution in [3.05, 3.63) is 0 Å².